The number of aromatic nitrogens is 1. The maximum absolute atomic E-state index is 12.5. The minimum atomic E-state index is -0.344. The van der Waals surface area contributed by atoms with Gasteiger partial charge in [-0.1, -0.05) is 47.5 Å². The van der Waals surface area contributed by atoms with Gasteiger partial charge in [0.05, 0.1) is 21.8 Å². The van der Waals surface area contributed by atoms with E-state index < -0.39 is 0 Å². The van der Waals surface area contributed by atoms with E-state index in [1.807, 2.05) is 83.8 Å². The van der Waals surface area contributed by atoms with Crippen LogP contribution in [0.25, 0.3) is 11.3 Å². The fourth-order valence-electron chi connectivity index (χ4n) is 4.81. The van der Waals surface area contributed by atoms with Crippen molar-refractivity contribution >= 4 is 57.8 Å². The second-order valence-electron chi connectivity index (χ2n) is 9.52. The van der Waals surface area contributed by atoms with E-state index in [1.165, 1.54) is 0 Å². The van der Waals surface area contributed by atoms with Crippen LogP contribution in [0.5, 0.6) is 5.75 Å². The predicted octanol–water partition coefficient (Wildman–Crippen LogP) is 7.84. The topological polar surface area (TPSA) is 79.6 Å². The van der Waals surface area contributed by atoms with Gasteiger partial charge in [-0.25, -0.2) is 0 Å². The molecule has 210 valence electrons. The highest BCUT2D eigenvalue weighted by molar-refractivity contribution is 7.80. The molecule has 6 rings (SSSR count). The molecule has 0 radical (unpaired) electrons. The maximum Gasteiger partial charge on any atom is 0.262 e. The van der Waals surface area contributed by atoms with E-state index in [0.29, 0.717) is 38.1 Å². The van der Waals surface area contributed by atoms with Crippen molar-refractivity contribution in [2.75, 3.05) is 16.8 Å². The first-order valence-corrected chi connectivity index (χ1v) is 14.3. The summed E-state index contributed by atoms with van der Waals surface area (Å²) >= 11 is 18.2. The molecule has 1 amide bonds. The maximum atomic E-state index is 12.5. The fraction of sp³-hybridized carbons (Fsp3) is 0.0938. The molecule has 1 aliphatic rings. The summed E-state index contributed by atoms with van der Waals surface area (Å²) in [6.45, 7) is -0.0978. The van der Waals surface area contributed by atoms with Crippen molar-refractivity contribution in [3.8, 4) is 17.1 Å². The standard InChI is InChI=1S/C32H24Cl2N4O3S/c33-24-14-9-20(18-25(24)34)27-15-16-28(41-27)31-30(26-8-4-5-17-35-26)37-32(42)38(31)22-12-10-21(11-13-22)36-29(39)19-40-23-6-2-1-3-7-23/h1-18,30-31H,19H2,(H,36,39)(H,37,42)/t30-,31-/m0/s1. The van der Waals surface area contributed by atoms with E-state index in [9.17, 15) is 4.79 Å². The average Bonchev–Trinajstić information content (AvgIpc) is 3.64. The minimum Gasteiger partial charge on any atom is -0.484 e. The van der Waals surface area contributed by atoms with E-state index in [0.717, 1.165) is 16.9 Å². The van der Waals surface area contributed by atoms with Gasteiger partial charge < -0.3 is 24.7 Å². The van der Waals surface area contributed by atoms with Crippen LogP contribution >= 0.6 is 35.4 Å². The summed E-state index contributed by atoms with van der Waals surface area (Å²) in [6.07, 6.45) is 1.75. The summed E-state index contributed by atoms with van der Waals surface area (Å²) in [5.41, 5.74) is 3.08. The monoisotopic (exact) mass is 614 g/mol. The normalized spacial score (nSPS) is 16.2. The number of carbonyl (C=O) groups is 1. The summed E-state index contributed by atoms with van der Waals surface area (Å²) in [5.74, 6) is 1.71. The van der Waals surface area contributed by atoms with Crippen LogP contribution in [0, 0.1) is 0 Å². The molecule has 2 aromatic heterocycles. The largest absolute Gasteiger partial charge is 0.484 e. The molecule has 1 aliphatic heterocycles. The Bertz CT molecular complexity index is 1720. The highest BCUT2D eigenvalue weighted by Crippen LogP contribution is 2.43. The zero-order valence-corrected chi connectivity index (χ0v) is 24.4. The Hall–Kier alpha value is -4.37. The van der Waals surface area contributed by atoms with Crippen LogP contribution in [0.1, 0.15) is 23.5 Å². The number of hydrogen-bond acceptors (Lipinski definition) is 5. The Morgan fingerprint density at radius 2 is 1.74 bits per heavy atom. The van der Waals surface area contributed by atoms with Gasteiger partial charge in [-0.2, -0.15) is 0 Å². The lowest BCUT2D eigenvalue weighted by atomic mass is 10.0. The number of carbonyl (C=O) groups excluding carboxylic acids is 1. The zero-order valence-electron chi connectivity index (χ0n) is 22.0. The van der Waals surface area contributed by atoms with Crippen molar-refractivity contribution in [2.45, 2.75) is 12.1 Å². The van der Waals surface area contributed by atoms with Crippen LogP contribution in [0.3, 0.4) is 0 Å². The molecule has 0 saturated carbocycles. The summed E-state index contributed by atoms with van der Waals surface area (Å²) in [7, 11) is 0. The van der Waals surface area contributed by atoms with Gasteiger partial charge in [-0.3, -0.25) is 9.78 Å². The van der Waals surface area contributed by atoms with E-state index in [2.05, 4.69) is 15.6 Å². The molecule has 3 aromatic carbocycles. The molecule has 0 aliphatic carbocycles. The van der Waals surface area contributed by atoms with Gasteiger partial charge in [0, 0.05) is 23.1 Å². The Balaban J connectivity index is 1.26. The van der Waals surface area contributed by atoms with Crippen molar-refractivity contribution in [3.05, 3.63) is 131 Å². The number of thiocarbonyl (C=S) groups is 1. The molecule has 0 unspecified atom stereocenters. The van der Waals surface area contributed by atoms with E-state index in [-0.39, 0.29) is 24.6 Å². The van der Waals surface area contributed by atoms with Gasteiger partial charge in [-0.05, 0) is 91.1 Å². The average molecular weight is 616 g/mol. The molecule has 2 N–H and O–H groups in total. The number of hydrogen-bond donors (Lipinski definition) is 2. The first kappa shape index (κ1) is 27.8. The smallest absolute Gasteiger partial charge is 0.262 e. The van der Waals surface area contributed by atoms with Crippen LogP contribution in [0.2, 0.25) is 10.0 Å². The van der Waals surface area contributed by atoms with Crippen LogP contribution in [0.4, 0.5) is 11.4 Å². The lowest BCUT2D eigenvalue weighted by Crippen LogP contribution is -2.29. The highest BCUT2D eigenvalue weighted by Gasteiger charge is 2.42. The number of nitrogens with zero attached hydrogens (tertiary/aromatic N) is 2. The molecule has 0 bridgehead atoms. The lowest BCUT2D eigenvalue weighted by molar-refractivity contribution is -0.118. The number of halogens is 2. The first-order valence-electron chi connectivity index (χ1n) is 13.1. The molecule has 2 atom stereocenters. The highest BCUT2D eigenvalue weighted by atomic mass is 35.5. The molecule has 10 heteroatoms. The predicted molar refractivity (Wildman–Crippen MR) is 169 cm³/mol. The molecule has 1 saturated heterocycles. The molecule has 7 nitrogen and oxygen atoms in total. The number of amides is 1. The Kier molecular flexibility index (Phi) is 8.10. The molecule has 3 heterocycles. The lowest BCUT2D eigenvalue weighted by Gasteiger charge is -2.26. The SMILES string of the molecule is O=C(COc1ccccc1)Nc1ccc(N2C(=S)N[C@@H](c3ccccn3)[C@@H]2c2ccc(-c3ccc(Cl)c(Cl)c3)o2)cc1. The molecule has 1 fully saturated rings. The third-order valence-corrected chi connectivity index (χ3v) is 7.82. The number of para-hydroxylation sites is 1. The van der Waals surface area contributed by atoms with Crippen LogP contribution in [-0.2, 0) is 4.79 Å². The number of rotatable bonds is 8. The van der Waals surface area contributed by atoms with E-state index in [1.54, 1.807) is 30.5 Å². The number of benzene rings is 3. The molecule has 42 heavy (non-hydrogen) atoms. The summed E-state index contributed by atoms with van der Waals surface area (Å²) in [4.78, 5) is 19.0. The number of pyridine rings is 1. The Morgan fingerprint density at radius 3 is 2.48 bits per heavy atom. The van der Waals surface area contributed by atoms with Crippen molar-refractivity contribution < 1.29 is 13.9 Å². The van der Waals surface area contributed by atoms with Crippen LogP contribution in [0.15, 0.2) is 114 Å². The second-order valence-corrected chi connectivity index (χ2v) is 10.7. The van der Waals surface area contributed by atoms with Gasteiger partial charge in [0.15, 0.2) is 11.7 Å². The van der Waals surface area contributed by atoms with Crippen molar-refractivity contribution in [1.29, 1.82) is 0 Å². The Morgan fingerprint density at radius 1 is 0.952 bits per heavy atom. The molecule has 0 spiro atoms. The second kappa shape index (κ2) is 12.2. The quantitative estimate of drug-likeness (QED) is 0.172. The van der Waals surface area contributed by atoms with Gasteiger partial charge in [-0.15, -0.1) is 0 Å². The van der Waals surface area contributed by atoms with E-state index in [4.69, 9.17) is 44.6 Å². The number of anilines is 2. The van der Waals surface area contributed by atoms with Crippen LogP contribution < -0.4 is 20.3 Å². The van der Waals surface area contributed by atoms with Gasteiger partial charge in [0.25, 0.3) is 5.91 Å². The van der Waals surface area contributed by atoms with Gasteiger partial charge in [0.2, 0.25) is 0 Å². The first-order chi connectivity index (χ1) is 20.5. The van der Waals surface area contributed by atoms with Crippen molar-refractivity contribution in [3.63, 3.8) is 0 Å². The van der Waals surface area contributed by atoms with Gasteiger partial charge in [0.1, 0.15) is 23.3 Å². The van der Waals surface area contributed by atoms with Gasteiger partial charge >= 0.3 is 0 Å². The van der Waals surface area contributed by atoms with Crippen LogP contribution in [-0.4, -0.2) is 22.6 Å². The molecule has 5 aromatic rings. The summed E-state index contributed by atoms with van der Waals surface area (Å²) in [6, 6.07) is 31.0. The molecular formula is C32H24Cl2N4O3S. The van der Waals surface area contributed by atoms with Crippen molar-refractivity contribution in [2.24, 2.45) is 0 Å². The number of ether oxygens (including phenoxy) is 1. The fourth-order valence-corrected chi connectivity index (χ4v) is 5.45. The third-order valence-electron chi connectivity index (χ3n) is 6.76. The molecular weight excluding hydrogens is 591 g/mol. The Labute approximate surface area is 258 Å². The van der Waals surface area contributed by atoms with Crippen molar-refractivity contribution in [1.82, 2.24) is 10.3 Å². The minimum absolute atomic E-state index is 0.0978. The zero-order chi connectivity index (χ0) is 29.1. The number of nitrogens with one attached hydrogen (secondary N) is 2. The third kappa shape index (κ3) is 5.97. The number of furan rings is 1. The summed E-state index contributed by atoms with van der Waals surface area (Å²) in [5, 5.41) is 7.74. The van der Waals surface area contributed by atoms with E-state index >= 15 is 0 Å². The summed E-state index contributed by atoms with van der Waals surface area (Å²) < 4.78 is 11.9.